The fourth-order valence-corrected chi connectivity index (χ4v) is 4.02. The monoisotopic (exact) mass is 386 g/mol. The van der Waals surface area contributed by atoms with Crippen molar-refractivity contribution in [2.24, 2.45) is 7.05 Å². The number of hydrogen-bond donors (Lipinski definition) is 0. The van der Waals surface area contributed by atoms with E-state index in [2.05, 4.69) is 15.1 Å². The molecule has 3 aromatic heterocycles. The lowest BCUT2D eigenvalue weighted by atomic mass is 10.2. The Morgan fingerprint density at radius 1 is 1.23 bits per heavy atom. The maximum Gasteiger partial charge on any atom is 0.262 e. The van der Waals surface area contributed by atoms with Gasteiger partial charge in [0.2, 0.25) is 11.7 Å². The number of fused-ring (bicyclic) bond motifs is 1. The molecular weight excluding hydrogens is 372 g/mol. The van der Waals surface area contributed by atoms with Crippen molar-refractivity contribution in [2.45, 2.75) is 10.9 Å². The van der Waals surface area contributed by atoms with Crippen molar-refractivity contribution in [3.63, 3.8) is 0 Å². The summed E-state index contributed by atoms with van der Waals surface area (Å²) in [6.45, 7) is 0. The largest absolute Gasteiger partial charge is 0.497 e. The number of thioether (sulfide) groups is 1. The van der Waals surface area contributed by atoms with Crippen LogP contribution in [0.4, 0.5) is 0 Å². The van der Waals surface area contributed by atoms with Crippen LogP contribution >= 0.6 is 23.1 Å². The van der Waals surface area contributed by atoms with Crippen LogP contribution in [0.1, 0.15) is 5.89 Å². The van der Waals surface area contributed by atoms with E-state index in [1.165, 1.54) is 23.1 Å². The van der Waals surface area contributed by atoms with E-state index in [9.17, 15) is 4.79 Å². The quantitative estimate of drug-likeness (QED) is 0.384. The van der Waals surface area contributed by atoms with Crippen LogP contribution in [0.5, 0.6) is 5.75 Å². The number of aromatic nitrogens is 4. The first-order valence-corrected chi connectivity index (χ1v) is 9.56. The van der Waals surface area contributed by atoms with Crippen molar-refractivity contribution in [3.8, 4) is 17.1 Å². The van der Waals surface area contributed by atoms with E-state index in [1.54, 1.807) is 24.8 Å². The Bertz CT molecular complexity index is 1120. The molecule has 0 aliphatic carbocycles. The molecule has 0 saturated heterocycles. The number of ether oxygens (including phenoxy) is 1. The fourth-order valence-electron chi connectivity index (χ4n) is 2.41. The van der Waals surface area contributed by atoms with E-state index in [0.29, 0.717) is 28.0 Å². The van der Waals surface area contributed by atoms with Gasteiger partial charge in [0.1, 0.15) is 10.6 Å². The van der Waals surface area contributed by atoms with Gasteiger partial charge in [-0.25, -0.2) is 4.98 Å². The molecule has 0 fully saturated rings. The highest BCUT2D eigenvalue weighted by Crippen LogP contribution is 2.25. The van der Waals surface area contributed by atoms with Crippen LogP contribution in [0.15, 0.2) is 50.2 Å². The molecule has 0 N–H and O–H groups in total. The van der Waals surface area contributed by atoms with Gasteiger partial charge in [0.05, 0.1) is 18.2 Å². The molecule has 0 amide bonds. The summed E-state index contributed by atoms with van der Waals surface area (Å²) in [5, 5.41) is 7.14. The van der Waals surface area contributed by atoms with Crippen molar-refractivity contribution >= 4 is 33.3 Å². The molecule has 0 saturated carbocycles. The lowest BCUT2D eigenvalue weighted by molar-refractivity contribution is 0.391. The van der Waals surface area contributed by atoms with Gasteiger partial charge in [-0.1, -0.05) is 16.9 Å². The van der Waals surface area contributed by atoms with E-state index in [-0.39, 0.29) is 5.56 Å². The minimum absolute atomic E-state index is 0.0526. The van der Waals surface area contributed by atoms with Crippen LogP contribution in [-0.2, 0) is 12.8 Å². The van der Waals surface area contributed by atoms with Crippen LogP contribution in [-0.4, -0.2) is 26.8 Å². The second kappa shape index (κ2) is 6.93. The SMILES string of the molecule is COc1ccc(-c2noc(CSc3nc4sccc4c(=O)n3C)n2)cc1. The van der Waals surface area contributed by atoms with Crippen molar-refractivity contribution in [1.29, 1.82) is 0 Å². The predicted molar refractivity (Wildman–Crippen MR) is 101 cm³/mol. The number of benzene rings is 1. The van der Waals surface area contributed by atoms with Gasteiger partial charge in [-0.05, 0) is 35.7 Å². The minimum atomic E-state index is -0.0526. The van der Waals surface area contributed by atoms with Crippen LogP contribution in [0.2, 0.25) is 0 Å². The molecule has 7 nitrogen and oxygen atoms in total. The molecule has 9 heteroatoms. The molecule has 0 atom stereocenters. The highest BCUT2D eigenvalue weighted by molar-refractivity contribution is 7.98. The van der Waals surface area contributed by atoms with Gasteiger partial charge in [0, 0.05) is 12.6 Å². The van der Waals surface area contributed by atoms with Gasteiger partial charge in [0.15, 0.2) is 5.16 Å². The predicted octanol–water partition coefficient (Wildman–Crippen LogP) is 3.35. The van der Waals surface area contributed by atoms with Gasteiger partial charge < -0.3 is 9.26 Å². The van der Waals surface area contributed by atoms with Crippen molar-refractivity contribution in [1.82, 2.24) is 19.7 Å². The van der Waals surface area contributed by atoms with E-state index >= 15 is 0 Å². The number of hydrogen-bond acceptors (Lipinski definition) is 8. The summed E-state index contributed by atoms with van der Waals surface area (Å²) < 4.78 is 12.0. The van der Waals surface area contributed by atoms with Crippen molar-refractivity contribution in [2.75, 3.05) is 7.11 Å². The van der Waals surface area contributed by atoms with Crippen molar-refractivity contribution in [3.05, 3.63) is 52.0 Å². The topological polar surface area (TPSA) is 83.0 Å². The van der Waals surface area contributed by atoms with E-state index < -0.39 is 0 Å². The summed E-state index contributed by atoms with van der Waals surface area (Å²) in [5.41, 5.74) is 0.791. The average Bonchev–Trinajstić information content (AvgIpc) is 3.33. The van der Waals surface area contributed by atoms with Crippen LogP contribution in [0.25, 0.3) is 21.6 Å². The molecule has 3 heterocycles. The number of methoxy groups -OCH3 is 1. The zero-order chi connectivity index (χ0) is 18.1. The third-order valence-corrected chi connectivity index (χ3v) is 5.63. The summed E-state index contributed by atoms with van der Waals surface area (Å²) in [6.07, 6.45) is 0. The number of rotatable bonds is 5. The summed E-state index contributed by atoms with van der Waals surface area (Å²) >= 11 is 2.84. The van der Waals surface area contributed by atoms with Crippen molar-refractivity contribution < 1.29 is 9.26 Å². The molecule has 1 aromatic carbocycles. The average molecular weight is 386 g/mol. The zero-order valence-electron chi connectivity index (χ0n) is 14.0. The smallest absolute Gasteiger partial charge is 0.262 e. The molecule has 0 radical (unpaired) electrons. The first-order valence-electron chi connectivity index (χ1n) is 7.70. The highest BCUT2D eigenvalue weighted by Gasteiger charge is 2.13. The van der Waals surface area contributed by atoms with Gasteiger partial charge in [-0.2, -0.15) is 4.98 Å². The van der Waals surface area contributed by atoms with Crippen LogP contribution in [0.3, 0.4) is 0 Å². The molecule has 0 bridgehead atoms. The third kappa shape index (κ3) is 3.11. The lowest BCUT2D eigenvalue weighted by Gasteiger charge is -2.05. The summed E-state index contributed by atoms with van der Waals surface area (Å²) in [4.78, 5) is 22.0. The third-order valence-electron chi connectivity index (χ3n) is 3.81. The molecule has 4 aromatic rings. The van der Waals surface area contributed by atoms with Gasteiger partial charge in [-0.3, -0.25) is 9.36 Å². The second-order valence-corrected chi connectivity index (χ2v) is 7.26. The Kier molecular flexibility index (Phi) is 4.48. The summed E-state index contributed by atoms with van der Waals surface area (Å²) in [5.74, 6) is 2.18. The molecule has 0 unspecified atom stereocenters. The molecule has 4 rings (SSSR count). The van der Waals surface area contributed by atoms with Crippen LogP contribution in [0, 0.1) is 0 Å². The summed E-state index contributed by atoms with van der Waals surface area (Å²) in [7, 11) is 3.33. The Morgan fingerprint density at radius 2 is 2.04 bits per heavy atom. The first-order chi connectivity index (χ1) is 12.7. The Morgan fingerprint density at radius 3 is 2.81 bits per heavy atom. The normalized spacial score (nSPS) is 11.2. The fraction of sp³-hybridized carbons (Fsp3) is 0.176. The lowest BCUT2D eigenvalue weighted by Crippen LogP contribution is -2.19. The molecular formula is C17H14N4O3S2. The maximum absolute atomic E-state index is 12.3. The zero-order valence-corrected chi connectivity index (χ0v) is 15.6. The number of thiophene rings is 1. The molecule has 26 heavy (non-hydrogen) atoms. The number of nitrogens with zero attached hydrogens (tertiary/aromatic N) is 4. The Balaban J connectivity index is 1.53. The van der Waals surface area contributed by atoms with Gasteiger partial charge in [0.25, 0.3) is 5.56 Å². The Labute approximate surface area is 156 Å². The molecule has 0 aliphatic rings. The molecule has 132 valence electrons. The molecule has 0 aliphatic heterocycles. The van der Waals surface area contributed by atoms with Gasteiger partial charge in [-0.15, -0.1) is 11.3 Å². The highest BCUT2D eigenvalue weighted by atomic mass is 32.2. The van der Waals surface area contributed by atoms with E-state index in [4.69, 9.17) is 9.26 Å². The standard InChI is InChI=1S/C17H14N4O3S2/c1-21-16(22)12-7-8-25-15(12)19-17(21)26-9-13-18-14(20-24-13)10-3-5-11(23-2)6-4-10/h3-8H,9H2,1-2H3. The van der Waals surface area contributed by atoms with E-state index in [1.807, 2.05) is 29.6 Å². The van der Waals surface area contributed by atoms with Gasteiger partial charge >= 0.3 is 0 Å². The maximum atomic E-state index is 12.3. The molecule has 0 spiro atoms. The summed E-state index contributed by atoms with van der Waals surface area (Å²) in [6, 6.07) is 9.22. The first kappa shape index (κ1) is 16.8. The van der Waals surface area contributed by atoms with Crippen LogP contribution < -0.4 is 10.3 Å². The van der Waals surface area contributed by atoms with E-state index in [0.717, 1.165) is 16.1 Å². The Hall–Kier alpha value is -2.65. The second-order valence-electron chi connectivity index (χ2n) is 5.43. The minimum Gasteiger partial charge on any atom is -0.497 e.